The smallest absolute Gasteiger partial charge is 0.338 e. The van der Waals surface area contributed by atoms with Crippen molar-refractivity contribution in [3.8, 4) is 23.0 Å². The van der Waals surface area contributed by atoms with Crippen molar-refractivity contribution in [1.29, 1.82) is 0 Å². The number of fused-ring (bicyclic) bond motifs is 1. The molecule has 3 aromatic carbocycles. The van der Waals surface area contributed by atoms with Gasteiger partial charge < -0.3 is 23.7 Å². The number of rotatable bonds is 11. The molecule has 1 aromatic heterocycles. The van der Waals surface area contributed by atoms with Crippen molar-refractivity contribution >= 4 is 23.4 Å². The summed E-state index contributed by atoms with van der Waals surface area (Å²) in [6.45, 7) is 9.98. The van der Waals surface area contributed by atoms with E-state index < -0.39 is 12.0 Å². The fraction of sp³-hybridized carbons (Fsp3) is 0.306. The molecule has 1 atom stereocenters. The fourth-order valence-electron chi connectivity index (χ4n) is 5.32. The highest BCUT2D eigenvalue weighted by atomic mass is 32.1. The van der Waals surface area contributed by atoms with Crippen molar-refractivity contribution in [2.24, 2.45) is 4.99 Å². The molecule has 0 aliphatic carbocycles. The third kappa shape index (κ3) is 6.87. The Balaban J connectivity index is 1.57. The van der Waals surface area contributed by atoms with Gasteiger partial charge in [-0.1, -0.05) is 53.3 Å². The van der Waals surface area contributed by atoms with Crippen molar-refractivity contribution < 1.29 is 28.5 Å². The number of carbonyl (C=O) groups excluding carboxylic acids is 1. The molecule has 0 unspecified atom stereocenters. The SMILES string of the molecule is CCOC(=O)C1=C(C)N=c2s/c(=C\c3ccc(OCc4cccc(C)c4)c(OC)c3)c(=O)n2[C@H]1c1ccc(OC(C)C)c(OC)c1. The molecule has 1 aliphatic rings. The third-order valence-electron chi connectivity index (χ3n) is 7.35. The molecule has 0 N–H and O–H groups in total. The van der Waals surface area contributed by atoms with Crippen LogP contribution in [0, 0.1) is 6.92 Å². The van der Waals surface area contributed by atoms with Crippen LogP contribution in [0.5, 0.6) is 23.0 Å². The van der Waals surface area contributed by atoms with Crippen molar-refractivity contribution in [1.82, 2.24) is 4.57 Å². The average Bonchev–Trinajstić information content (AvgIpc) is 3.33. The highest BCUT2D eigenvalue weighted by Crippen LogP contribution is 2.36. The van der Waals surface area contributed by atoms with Gasteiger partial charge in [0.1, 0.15) is 6.61 Å². The van der Waals surface area contributed by atoms with Gasteiger partial charge in [0.2, 0.25) is 0 Å². The lowest BCUT2D eigenvalue weighted by Crippen LogP contribution is -2.40. The second-order valence-electron chi connectivity index (χ2n) is 11.1. The quantitative estimate of drug-likeness (QED) is 0.200. The van der Waals surface area contributed by atoms with Crippen molar-refractivity contribution in [2.75, 3.05) is 20.8 Å². The van der Waals surface area contributed by atoms with Gasteiger partial charge in [0, 0.05) is 0 Å². The number of hydrogen-bond acceptors (Lipinski definition) is 9. The van der Waals surface area contributed by atoms with E-state index in [0.717, 1.165) is 16.7 Å². The Morgan fingerprint density at radius 2 is 1.72 bits per heavy atom. The molecule has 0 bridgehead atoms. The van der Waals surface area contributed by atoms with Crippen LogP contribution < -0.4 is 33.8 Å². The zero-order valence-corrected chi connectivity index (χ0v) is 27.9. The zero-order chi connectivity index (χ0) is 33.0. The van der Waals surface area contributed by atoms with Crippen LogP contribution >= 0.6 is 11.3 Å². The minimum absolute atomic E-state index is 0.0676. The topological polar surface area (TPSA) is 97.6 Å². The van der Waals surface area contributed by atoms with Crippen LogP contribution in [0.1, 0.15) is 56.0 Å². The number of benzene rings is 3. The van der Waals surface area contributed by atoms with E-state index >= 15 is 0 Å². The molecule has 240 valence electrons. The molecule has 46 heavy (non-hydrogen) atoms. The molecule has 2 heterocycles. The van der Waals surface area contributed by atoms with E-state index in [0.29, 0.717) is 50.2 Å². The van der Waals surface area contributed by atoms with Gasteiger partial charge in [-0.3, -0.25) is 9.36 Å². The van der Waals surface area contributed by atoms with Crippen LogP contribution in [0.2, 0.25) is 0 Å². The maximum absolute atomic E-state index is 14.1. The molecule has 0 radical (unpaired) electrons. The van der Waals surface area contributed by atoms with Gasteiger partial charge in [-0.05, 0) is 81.7 Å². The Hall–Kier alpha value is -4.83. The van der Waals surface area contributed by atoms with Gasteiger partial charge >= 0.3 is 5.97 Å². The van der Waals surface area contributed by atoms with Crippen LogP contribution in [0.15, 0.2) is 81.7 Å². The summed E-state index contributed by atoms with van der Waals surface area (Å²) in [7, 11) is 3.14. The molecule has 9 nitrogen and oxygen atoms in total. The number of hydrogen-bond donors (Lipinski definition) is 0. The molecular formula is C36H38N2O7S. The molecule has 0 amide bonds. The minimum atomic E-state index is -0.786. The van der Waals surface area contributed by atoms with Gasteiger partial charge in [-0.15, -0.1) is 0 Å². The first-order valence-electron chi connectivity index (χ1n) is 15.0. The molecule has 0 saturated heterocycles. The molecule has 5 rings (SSSR count). The summed E-state index contributed by atoms with van der Waals surface area (Å²) >= 11 is 1.25. The monoisotopic (exact) mass is 642 g/mol. The highest BCUT2D eigenvalue weighted by Gasteiger charge is 2.34. The van der Waals surface area contributed by atoms with Gasteiger partial charge in [0.15, 0.2) is 27.8 Å². The predicted octanol–water partition coefficient (Wildman–Crippen LogP) is 5.49. The van der Waals surface area contributed by atoms with E-state index in [2.05, 4.69) is 11.1 Å². The van der Waals surface area contributed by atoms with Crippen LogP contribution in [-0.4, -0.2) is 37.5 Å². The predicted molar refractivity (Wildman–Crippen MR) is 178 cm³/mol. The Bertz CT molecular complexity index is 1970. The van der Waals surface area contributed by atoms with Crippen LogP contribution in [0.25, 0.3) is 6.08 Å². The number of nitrogens with zero attached hydrogens (tertiary/aromatic N) is 2. The molecule has 0 spiro atoms. The maximum atomic E-state index is 14.1. The summed E-state index contributed by atoms with van der Waals surface area (Å²) in [5, 5.41) is 0. The van der Waals surface area contributed by atoms with E-state index in [1.54, 1.807) is 50.8 Å². The second kappa shape index (κ2) is 14.1. The fourth-order valence-corrected chi connectivity index (χ4v) is 6.37. The van der Waals surface area contributed by atoms with Crippen LogP contribution in [-0.2, 0) is 16.1 Å². The summed E-state index contributed by atoms with van der Waals surface area (Å²) in [6, 6.07) is 18.3. The second-order valence-corrected chi connectivity index (χ2v) is 12.1. The summed E-state index contributed by atoms with van der Waals surface area (Å²) in [5.41, 5.74) is 4.11. The Morgan fingerprint density at radius 3 is 2.41 bits per heavy atom. The highest BCUT2D eigenvalue weighted by molar-refractivity contribution is 7.07. The number of carbonyl (C=O) groups is 1. The molecule has 1 aliphatic heterocycles. The molecule has 10 heteroatoms. The van der Waals surface area contributed by atoms with Crippen molar-refractivity contribution in [2.45, 2.75) is 53.4 Å². The Labute approximate surface area is 272 Å². The Morgan fingerprint density at radius 1 is 0.978 bits per heavy atom. The summed E-state index contributed by atoms with van der Waals surface area (Å²) < 4.78 is 30.7. The first-order chi connectivity index (χ1) is 22.1. The lowest BCUT2D eigenvalue weighted by molar-refractivity contribution is -0.139. The van der Waals surface area contributed by atoms with Gasteiger partial charge in [0.25, 0.3) is 5.56 Å². The lowest BCUT2D eigenvalue weighted by Gasteiger charge is -2.25. The third-order valence-corrected chi connectivity index (χ3v) is 8.33. The van der Waals surface area contributed by atoms with Gasteiger partial charge in [-0.2, -0.15) is 0 Å². The van der Waals surface area contributed by atoms with E-state index in [1.165, 1.54) is 11.3 Å². The largest absolute Gasteiger partial charge is 0.493 e. The number of aromatic nitrogens is 1. The molecule has 0 saturated carbocycles. The molecular weight excluding hydrogens is 604 g/mol. The minimum Gasteiger partial charge on any atom is -0.493 e. The molecule has 0 fully saturated rings. The first-order valence-corrected chi connectivity index (χ1v) is 15.9. The number of ether oxygens (including phenoxy) is 5. The first kappa shape index (κ1) is 32.6. The van der Waals surface area contributed by atoms with Crippen LogP contribution in [0.3, 0.4) is 0 Å². The number of thiazole rings is 1. The van der Waals surface area contributed by atoms with Crippen molar-refractivity contribution in [3.05, 3.63) is 114 Å². The standard InChI is InChI=1S/C36H38N2O7S/c1-8-43-35(40)32-23(5)37-36-38(33(32)26-13-15-28(45-21(2)3)30(19-26)42-7)34(39)31(46-36)18-24-12-14-27(29(17-24)41-6)44-20-25-11-9-10-22(4)16-25/h9-19,21,33H,8,20H2,1-7H3/b31-18-/t33-/m0/s1. The van der Waals surface area contributed by atoms with E-state index in [4.69, 9.17) is 23.7 Å². The summed E-state index contributed by atoms with van der Waals surface area (Å²) in [5.74, 6) is 1.66. The summed E-state index contributed by atoms with van der Waals surface area (Å²) in [4.78, 5) is 32.6. The van der Waals surface area contributed by atoms with Gasteiger partial charge in [0.05, 0.1) is 48.8 Å². The maximum Gasteiger partial charge on any atom is 0.338 e. The normalized spacial score (nSPS) is 14.5. The lowest BCUT2D eigenvalue weighted by atomic mass is 9.95. The van der Waals surface area contributed by atoms with E-state index in [9.17, 15) is 9.59 Å². The van der Waals surface area contributed by atoms with E-state index in [1.807, 2.05) is 63.2 Å². The van der Waals surface area contributed by atoms with Gasteiger partial charge in [-0.25, -0.2) is 9.79 Å². The van der Waals surface area contributed by atoms with Crippen LogP contribution in [0.4, 0.5) is 0 Å². The number of aryl methyl sites for hydroxylation is 1. The number of esters is 1. The molecule has 4 aromatic rings. The summed E-state index contributed by atoms with van der Waals surface area (Å²) in [6.07, 6.45) is 1.72. The van der Waals surface area contributed by atoms with Crippen molar-refractivity contribution in [3.63, 3.8) is 0 Å². The zero-order valence-electron chi connectivity index (χ0n) is 27.1. The van der Waals surface area contributed by atoms with E-state index in [-0.39, 0.29) is 23.8 Å². The number of allylic oxidation sites excluding steroid dienone is 1. The Kier molecular flexibility index (Phi) is 9.96. The number of methoxy groups -OCH3 is 2. The average molecular weight is 643 g/mol.